The minimum atomic E-state index is 0.384. The van der Waals surface area contributed by atoms with Gasteiger partial charge in [0.05, 0.1) is 5.56 Å². The van der Waals surface area contributed by atoms with Crippen LogP contribution in [0.3, 0.4) is 0 Å². The highest BCUT2D eigenvalue weighted by atomic mass is 35.5. The molecule has 106 valence electrons. The Kier molecular flexibility index (Phi) is 3.43. The average molecular weight is 299 g/mol. The number of benzene rings is 2. The second-order valence-corrected chi connectivity index (χ2v) is 5.46. The molecule has 0 spiro atoms. The standard InChI is InChI=1S/C17H15ClN2O/c1-10-5-3-6-12(9-10)15-16(21-20-17(15)19)13-7-4-8-14(18)11(13)2/h3-9H,1-2H3,(H2,19,20). The third-order valence-corrected chi connectivity index (χ3v) is 3.95. The lowest BCUT2D eigenvalue weighted by Crippen LogP contribution is -1.90. The van der Waals surface area contributed by atoms with Gasteiger partial charge in [0.25, 0.3) is 0 Å². The van der Waals surface area contributed by atoms with Crippen LogP contribution in [0.15, 0.2) is 47.0 Å². The zero-order chi connectivity index (χ0) is 15.0. The van der Waals surface area contributed by atoms with E-state index < -0.39 is 0 Å². The van der Waals surface area contributed by atoms with Crippen LogP contribution in [0.4, 0.5) is 5.82 Å². The van der Waals surface area contributed by atoms with Crippen LogP contribution in [0.25, 0.3) is 22.5 Å². The number of nitrogens with zero attached hydrogens (tertiary/aromatic N) is 1. The molecule has 0 aliphatic rings. The van der Waals surface area contributed by atoms with Crippen molar-refractivity contribution in [1.29, 1.82) is 0 Å². The molecular weight excluding hydrogens is 284 g/mol. The van der Waals surface area contributed by atoms with E-state index in [0.717, 1.165) is 27.8 Å². The van der Waals surface area contributed by atoms with Crippen LogP contribution in [-0.4, -0.2) is 5.16 Å². The lowest BCUT2D eigenvalue weighted by Gasteiger charge is -2.07. The monoisotopic (exact) mass is 298 g/mol. The highest BCUT2D eigenvalue weighted by Gasteiger charge is 2.19. The van der Waals surface area contributed by atoms with Crippen LogP contribution < -0.4 is 5.73 Å². The Bertz CT molecular complexity index is 808. The molecule has 4 heteroatoms. The third kappa shape index (κ3) is 2.41. The summed E-state index contributed by atoms with van der Waals surface area (Å²) in [6.07, 6.45) is 0. The Labute approximate surface area is 128 Å². The minimum absolute atomic E-state index is 0.384. The summed E-state index contributed by atoms with van der Waals surface area (Å²) in [5, 5.41) is 4.62. The molecule has 0 unspecified atom stereocenters. The fourth-order valence-electron chi connectivity index (χ4n) is 2.42. The number of anilines is 1. The lowest BCUT2D eigenvalue weighted by molar-refractivity contribution is 0.436. The van der Waals surface area contributed by atoms with Gasteiger partial charge in [-0.05, 0) is 31.0 Å². The number of hydrogen-bond donors (Lipinski definition) is 1. The van der Waals surface area contributed by atoms with Gasteiger partial charge in [-0.25, -0.2) is 0 Å². The van der Waals surface area contributed by atoms with E-state index in [2.05, 4.69) is 11.2 Å². The van der Waals surface area contributed by atoms with E-state index in [9.17, 15) is 0 Å². The third-order valence-electron chi connectivity index (χ3n) is 3.54. The summed E-state index contributed by atoms with van der Waals surface area (Å²) in [7, 11) is 0. The van der Waals surface area contributed by atoms with Gasteiger partial charge in [0, 0.05) is 10.6 Å². The highest BCUT2D eigenvalue weighted by Crippen LogP contribution is 2.39. The van der Waals surface area contributed by atoms with E-state index in [1.165, 1.54) is 0 Å². The Hall–Kier alpha value is -2.26. The maximum atomic E-state index is 6.20. The maximum Gasteiger partial charge on any atom is 0.177 e. The van der Waals surface area contributed by atoms with Gasteiger partial charge in [-0.15, -0.1) is 0 Å². The lowest BCUT2D eigenvalue weighted by atomic mass is 9.98. The fraction of sp³-hybridized carbons (Fsp3) is 0.118. The molecule has 21 heavy (non-hydrogen) atoms. The molecule has 0 fully saturated rings. The molecule has 0 saturated heterocycles. The van der Waals surface area contributed by atoms with Crippen molar-refractivity contribution in [2.75, 3.05) is 5.73 Å². The van der Waals surface area contributed by atoms with Crippen molar-refractivity contribution in [1.82, 2.24) is 5.16 Å². The zero-order valence-corrected chi connectivity index (χ0v) is 12.6. The van der Waals surface area contributed by atoms with Crippen molar-refractivity contribution < 1.29 is 4.52 Å². The molecule has 0 amide bonds. The Morgan fingerprint density at radius 1 is 1.10 bits per heavy atom. The van der Waals surface area contributed by atoms with Gasteiger partial charge in [0.2, 0.25) is 0 Å². The second kappa shape index (κ2) is 5.26. The number of halogens is 1. The van der Waals surface area contributed by atoms with Gasteiger partial charge in [0.15, 0.2) is 11.6 Å². The van der Waals surface area contributed by atoms with Crippen LogP contribution in [0.5, 0.6) is 0 Å². The summed E-state index contributed by atoms with van der Waals surface area (Å²) in [6, 6.07) is 13.8. The molecule has 3 aromatic rings. The molecule has 0 bridgehead atoms. The molecule has 0 radical (unpaired) electrons. The zero-order valence-electron chi connectivity index (χ0n) is 11.9. The summed E-state index contributed by atoms with van der Waals surface area (Å²) in [6.45, 7) is 3.99. The van der Waals surface area contributed by atoms with Crippen molar-refractivity contribution in [3.05, 3.63) is 58.6 Å². The summed E-state index contributed by atoms with van der Waals surface area (Å²) >= 11 is 6.20. The van der Waals surface area contributed by atoms with Crippen LogP contribution in [0.1, 0.15) is 11.1 Å². The molecule has 0 aliphatic heterocycles. The molecule has 0 aliphatic carbocycles. The van der Waals surface area contributed by atoms with E-state index in [-0.39, 0.29) is 0 Å². The van der Waals surface area contributed by atoms with Gasteiger partial charge < -0.3 is 10.3 Å². The minimum Gasteiger partial charge on any atom is -0.380 e. The van der Waals surface area contributed by atoms with Gasteiger partial charge in [-0.3, -0.25) is 0 Å². The fourth-order valence-corrected chi connectivity index (χ4v) is 2.59. The molecular formula is C17H15ClN2O. The van der Waals surface area contributed by atoms with E-state index >= 15 is 0 Å². The second-order valence-electron chi connectivity index (χ2n) is 5.05. The number of nitrogen functional groups attached to an aromatic ring is 1. The van der Waals surface area contributed by atoms with Crippen LogP contribution in [-0.2, 0) is 0 Å². The van der Waals surface area contributed by atoms with Gasteiger partial charge in [-0.2, -0.15) is 0 Å². The molecule has 3 rings (SSSR count). The number of aromatic nitrogens is 1. The molecule has 2 aromatic carbocycles. The summed E-state index contributed by atoms with van der Waals surface area (Å²) in [4.78, 5) is 0. The summed E-state index contributed by atoms with van der Waals surface area (Å²) in [5.41, 5.74) is 10.8. The first-order valence-corrected chi connectivity index (χ1v) is 7.03. The number of aryl methyl sites for hydroxylation is 1. The first kappa shape index (κ1) is 13.7. The van der Waals surface area contributed by atoms with Gasteiger partial charge in [0.1, 0.15) is 0 Å². The van der Waals surface area contributed by atoms with Gasteiger partial charge >= 0.3 is 0 Å². The van der Waals surface area contributed by atoms with Gasteiger partial charge in [-0.1, -0.05) is 58.7 Å². The van der Waals surface area contributed by atoms with E-state index in [4.69, 9.17) is 21.9 Å². The quantitative estimate of drug-likeness (QED) is 0.735. The van der Waals surface area contributed by atoms with Crippen molar-refractivity contribution in [2.24, 2.45) is 0 Å². The SMILES string of the molecule is Cc1cccc(-c2c(N)noc2-c2cccc(Cl)c2C)c1. The summed E-state index contributed by atoms with van der Waals surface area (Å²) < 4.78 is 5.48. The molecule has 0 atom stereocenters. The van der Waals surface area contributed by atoms with Crippen LogP contribution in [0, 0.1) is 13.8 Å². The predicted octanol–water partition coefficient (Wildman–Crippen LogP) is 4.86. The van der Waals surface area contributed by atoms with E-state index in [0.29, 0.717) is 16.6 Å². The topological polar surface area (TPSA) is 52.0 Å². The number of rotatable bonds is 2. The average Bonchev–Trinajstić information content (AvgIpc) is 2.83. The maximum absolute atomic E-state index is 6.20. The highest BCUT2D eigenvalue weighted by molar-refractivity contribution is 6.31. The summed E-state index contributed by atoms with van der Waals surface area (Å²) in [5.74, 6) is 1.04. The van der Waals surface area contributed by atoms with Crippen molar-refractivity contribution >= 4 is 17.4 Å². The smallest absolute Gasteiger partial charge is 0.177 e. The molecule has 2 N–H and O–H groups in total. The Morgan fingerprint density at radius 3 is 2.62 bits per heavy atom. The Balaban J connectivity index is 2.24. The largest absolute Gasteiger partial charge is 0.380 e. The molecule has 3 nitrogen and oxygen atoms in total. The van der Waals surface area contributed by atoms with Crippen molar-refractivity contribution in [3.63, 3.8) is 0 Å². The van der Waals surface area contributed by atoms with Crippen LogP contribution in [0.2, 0.25) is 5.02 Å². The van der Waals surface area contributed by atoms with E-state index in [1.54, 1.807) is 0 Å². The van der Waals surface area contributed by atoms with Crippen molar-refractivity contribution in [2.45, 2.75) is 13.8 Å². The number of hydrogen-bond acceptors (Lipinski definition) is 3. The van der Waals surface area contributed by atoms with Crippen LogP contribution >= 0.6 is 11.6 Å². The molecule has 1 aromatic heterocycles. The van der Waals surface area contributed by atoms with E-state index in [1.807, 2.05) is 50.2 Å². The first-order valence-electron chi connectivity index (χ1n) is 6.65. The first-order chi connectivity index (χ1) is 10.1. The number of nitrogens with two attached hydrogens (primary N) is 1. The Morgan fingerprint density at radius 2 is 1.86 bits per heavy atom. The predicted molar refractivity (Wildman–Crippen MR) is 86.3 cm³/mol. The molecule has 1 heterocycles. The normalized spacial score (nSPS) is 10.8. The molecule has 0 saturated carbocycles. The van der Waals surface area contributed by atoms with Crippen molar-refractivity contribution in [3.8, 4) is 22.5 Å².